The molecule has 0 spiro atoms. The zero-order chi connectivity index (χ0) is 38.4. The van der Waals surface area contributed by atoms with Gasteiger partial charge in [-0.1, -0.05) is 31.9 Å². The first-order chi connectivity index (χ1) is 24.4. The number of carbonyl (C=O) groups excluding carboxylic acids is 4. The van der Waals surface area contributed by atoms with E-state index >= 15 is 0 Å². The fourth-order valence-electron chi connectivity index (χ4n) is 7.74. The molecule has 2 saturated carbocycles. The number of aliphatic hydroxyl groups excluding tert-OH is 6. The molecule has 2 heterocycles. The van der Waals surface area contributed by atoms with Crippen molar-refractivity contribution in [2.45, 2.75) is 97.7 Å². The van der Waals surface area contributed by atoms with E-state index in [4.69, 9.17) is 9.47 Å². The third-order valence-corrected chi connectivity index (χ3v) is 11.6. The van der Waals surface area contributed by atoms with Gasteiger partial charge in [-0.2, -0.15) is 0 Å². The molecule has 12 atom stereocenters. The molecule has 0 aromatic heterocycles. The molecule has 16 nitrogen and oxygen atoms in total. The highest BCUT2D eigenvalue weighted by Gasteiger charge is 2.65. The Morgan fingerprint density at radius 1 is 0.615 bits per heavy atom. The van der Waals surface area contributed by atoms with Gasteiger partial charge >= 0.3 is 11.9 Å². The van der Waals surface area contributed by atoms with Gasteiger partial charge in [0.1, 0.15) is 47.7 Å². The molecular weight excluding hydrogens is 820 g/mol. The number of methoxy groups -OCH3 is 2. The average molecular weight is 861 g/mol. The molecule has 52 heavy (non-hydrogen) atoms. The fourth-order valence-corrected chi connectivity index (χ4v) is 8.27. The van der Waals surface area contributed by atoms with Crippen molar-refractivity contribution in [2.75, 3.05) is 14.2 Å². The number of halogens is 2. The Labute approximate surface area is 314 Å². The highest BCUT2D eigenvalue weighted by molar-refractivity contribution is 9.10. The Hall–Kier alpha value is -3.04. The number of nitrogens with zero attached hydrogens (tertiary/aromatic N) is 2. The van der Waals surface area contributed by atoms with Crippen LogP contribution in [-0.2, 0) is 19.1 Å². The number of rotatable bonds is 4. The Balaban J connectivity index is 0.000000201. The van der Waals surface area contributed by atoms with Crippen molar-refractivity contribution in [1.82, 2.24) is 9.80 Å². The molecule has 0 bridgehead atoms. The molecule has 4 fully saturated rings. The Morgan fingerprint density at radius 3 is 1.21 bits per heavy atom. The highest BCUT2D eigenvalue weighted by Crippen LogP contribution is 2.46. The lowest BCUT2D eigenvalue weighted by Gasteiger charge is -2.45. The van der Waals surface area contributed by atoms with E-state index in [0.717, 1.165) is 33.0 Å². The van der Waals surface area contributed by atoms with Crippen LogP contribution in [-0.4, -0.2) is 161 Å². The van der Waals surface area contributed by atoms with Gasteiger partial charge in [0.25, 0.3) is 11.8 Å². The molecule has 2 aromatic rings. The quantitative estimate of drug-likeness (QED) is 0.169. The molecule has 2 aromatic carbocycles. The number of amides is 2. The number of hydrogen-bond acceptors (Lipinski definition) is 14. The van der Waals surface area contributed by atoms with Crippen LogP contribution in [0.1, 0.15) is 46.4 Å². The van der Waals surface area contributed by atoms with Crippen molar-refractivity contribution in [3.63, 3.8) is 0 Å². The number of ether oxygens (including phenoxy) is 2. The zero-order valence-electron chi connectivity index (χ0n) is 27.9. The summed E-state index contributed by atoms with van der Waals surface area (Å²) in [5.41, 5.74) is -3.30. The van der Waals surface area contributed by atoms with Crippen molar-refractivity contribution < 1.29 is 69.5 Å². The first kappa shape index (κ1) is 40.2. The molecule has 2 saturated heterocycles. The fraction of sp³-hybridized carbons (Fsp3) is 0.529. The maximum absolute atomic E-state index is 13.0. The lowest BCUT2D eigenvalue weighted by Crippen LogP contribution is -2.65. The number of carbonyl (C=O) groups is 4. The lowest BCUT2D eigenvalue weighted by molar-refractivity contribution is -0.194. The molecule has 18 heteroatoms. The third kappa shape index (κ3) is 7.01. The second-order valence-electron chi connectivity index (χ2n) is 13.4. The standard InChI is InChI=1S/2C17H20BrNO7/c2*1-26-16(24)10-7-17(25)12(6-11(20)13(21)14(17)22)19(10)15(23)8-2-4-9(18)5-3-8/h2*2-5,10-14,20-22,25H,6-7H2,1H3/t2*10-,11+,12+,13-,14-,17-/m11/s1. The maximum Gasteiger partial charge on any atom is 0.328 e. The summed E-state index contributed by atoms with van der Waals surface area (Å²) in [4.78, 5) is 52.8. The lowest BCUT2D eigenvalue weighted by atomic mass is 9.75. The molecule has 4 aliphatic rings. The number of esters is 2. The Bertz CT molecular complexity index is 1540. The minimum atomic E-state index is -1.93. The predicted octanol–water partition coefficient (Wildman–Crippen LogP) is -1.15. The molecule has 6 rings (SSSR count). The van der Waals surface area contributed by atoms with Crippen molar-refractivity contribution in [1.29, 1.82) is 0 Å². The van der Waals surface area contributed by atoms with Crippen LogP contribution in [0.2, 0.25) is 0 Å². The van der Waals surface area contributed by atoms with E-state index in [0.29, 0.717) is 0 Å². The second kappa shape index (κ2) is 15.4. The molecule has 284 valence electrons. The molecule has 8 N–H and O–H groups in total. The van der Waals surface area contributed by atoms with Crippen LogP contribution < -0.4 is 0 Å². The summed E-state index contributed by atoms with van der Waals surface area (Å²) < 4.78 is 11.0. The van der Waals surface area contributed by atoms with Crippen molar-refractivity contribution >= 4 is 55.6 Å². The molecule has 2 aliphatic carbocycles. The van der Waals surface area contributed by atoms with Crippen molar-refractivity contribution in [3.8, 4) is 0 Å². The monoisotopic (exact) mass is 858 g/mol. The minimum Gasteiger partial charge on any atom is -0.467 e. The summed E-state index contributed by atoms with van der Waals surface area (Å²) >= 11 is 6.56. The number of fused-ring (bicyclic) bond motifs is 2. The van der Waals surface area contributed by atoms with Crippen LogP contribution >= 0.6 is 31.9 Å². The SMILES string of the molecule is COC(=O)[C@H]1C[C@]2(O)[C@H](O)[C@H](O)[C@@H](O)C[C@@H]2N1C(=O)c1ccc(Br)cc1.COC(=O)[C@H]1C[C@]2(O)[C@H](O)[C@H](O)[C@@H](O)C[C@@H]2N1C(=O)c1ccc(Br)cc1. The van der Waals surface area contributed by atoms with Gasteiger partial charge < -0.3 is 60.1 Å². The van der Waals surface area contributed by atoms with Gasteiger partial charge in [0.05, 0.1) is 38.5 Å². The Kier molecular flexibility index (Phi) is 11.9. The summed E-state index contributed by atoms with van der Waals surface area (Å²) in [5, 5.41) is 82.4. The minimum absolute atomic E-state index is 0.176. The van der Waals surface area contributed by atoms with Gasteiger partial charge in [0, 0.05) is 32.9 Å². The van der Waals surface area contributed by atoms with Gasteiger partial charge in [-0.3, -0.25) is 9.59 Å². The highest BCUT2D eigenvalue weighted by atomic mass is 79.9. The van der Waals surface area contributed by atoms with Crippen LogP contribution in [0.15, 0.2) is 57.5 Å². The number of likely N-dealkylation sites (tertiary alicyclic amines) is 2. The van der Waals surface area contributed by atoms with Crippen LogP contribution in [0, 0.1) is 0 Å². The zero-order valence-corrected chi connectivity index (χ0v) is 31.1. The van der Waals surface area contributed by atoms with Crippen molar-refractivity contribution in [3.05, 3.63) is 68.6 Å². The summed E-state index contributed by atoms with van der Waals surface area (Å²) in [6, 6.07) is 8.52. The maximum atomic E-state index is 13.0. The predicted molar refractivity (Wildman–Crippen MR) is 184 cm³/mol. The largest absolute Gasteiger partial charge is 0.467 e. The third-order valence-electron chi connectivity index (χ3n) is 10.5. The molecule has 0 radical (unpaired) electrons. The van der Waals surface area contributed by atoms with E-state index in [1.807, 2.05) is 0 Å². The molecule has 2 amide bonds. The van der Waals surface area contributed by atoms with Crippen LogP contribution in [0.5, 0.6) is 0 Å². The van der Waals surface area contributed by atoms with E-state index in [2.05, 4.69) is 31.9 Å². The van der Waals surface area contributed by atoms with Crippen molar-refractivity contribution in [2.24, 2.45) is 0 Å². The number of benzene rings is 2. The number of aliphatic hydroxyl groups is 8. The molecule has 0 unspecified atom stereocenters. The van der Waals surface area contributed by atoms with Crippen LogP contribution in [0.3, 0.4) is 0 Å². The summed E-state index contributed by atoms with van der Waals surface area (Å²) in [5.74, 6) is -2.56. The first-order valence-electron chi connectivity index (χ1n) is 16.3. The second-order valence-corrected chi connectivity index (χ2v) is 15.2. The molecule has 2 aliphatic heterocycles. The Morgan fingerprint density at radius 2 is 0.923 bits per heavy atom. The number of hydrogen-bond donors (Lipinski definition) is 8. The van der Waals surface area contributed by atoms with E-state index in [1.165, 1.54) is 0 Å². The van der Waals surface area contributed by atoms with Gasteiger partial charge in [0.15, 0.2) is 0 Å². The average Bonchev–Trinajstić information content (AvgIpc) is 3.61. The smallest absolute Gasteiger partial charge is 0.328 e. The van der Waals surface area contributed by atoms with Gasteiger partial charge in [-0.15, -0.1) is 0 Å². The van der Waals surface area contributed by atoms with Crippen LogP contribution in [0.25, 0.3) is 0 Å². The van der Waals surface area contributed by atoms with Crippen LogP contribution in [0.4, 0.5) is 0 Å². The topological polar surface area (TPSA) is 255 Å². The van der Waals surface area contributed by atoms with E-state index < -0.39 is 95.7 Å². The first-order valence-corrected chi connectivity index (χ1v) is 17.8. The molecular formula is C34H40Br2N2O14. The normalized spacial score (nSPS) is 36.5. The van der Waals surface area contributed by atoms with E-state index in [9.17, 15) is 60.0 Å². The van der Waals surface area contributed by atoms with Gasteiger partial charge in [-0.05, 0) is 61.4 Å². The summed E-state index contributed by atoms with van der Waals surface area (Å²) in [7, 11) is 2.33. The van der Waals surface area contributed by atoms with E-state index in [-0.39, 0.29) is 36.8 Å². The van der Waals surface area contributed by atoms with E-state index in [1.54, 1.807) is 48.5 Å². The summed E-state index contributed by atoms with van der Waals surface area (Å²) in [6.07, 6.45) is -10.2. The van der Waals surface area contributed by atoms with Gasteiger partial charge in [-0.25, -0.2) is 9.59 Å². The van der Waals surface area contributed by atoms with Gasteiger partial charge in [0.2, 0.25) is 0 Å². The summed E-state index contributed by atoms with van der Waals surface area (Å²) in [6.45, 7) is 0.